The standard InChI is InChI=1S/C31H34Cl3N3O5S/c1-3-28(31(39)35-22-9-7-8-10-22)36(19-21-13-15-25(32)26(33)17-21)30(38)20-37(23-14-16-29(42-2)27(34)18-23)43(40,41)24-11-5-4-6-12-24/h4-6,11-18,22,28H,3,7-10,19-20H2,1-2H3,(H,35,39). The zero-order valence-corrected chi connectivity index (χ0v) is 27.0. The van der Waals surface area contributed by atoms with Crippen LogP contribution in [-0.4, -0.2) is 50.9 Å². The molecule has 43 heavy (non-hydrogen) atoms. The van der Waals surface area contributed by atoms with E-state index in [0.29, 0.717) is 27.8 Å². The molecule has 3 aromatic rings. The molecule has 1 aliphatic carbocycles. The molecule has 0 bridgehead atoms. The van der Waals surface area contributed by atoms with Crippen molar-refractivity contribution >= 4 is 62.3 Å². The van der Waals surface area contributed by atoms with Crippen molar-refractivity contribution < 1.29 is 22.7 Å². The Morgan fingerprint density at radius 1 is 0.953 bits per heavy atom. The minimum atomic E-state index is -4.23. The molecular weight excluding hydrogens is 633 g/mol. The van der Waals surface area contributed by atoms with E-state index >= 15 is 0 Å². The van der Waals surface area contributed by atoms with Crippen LogP contribution in [0.3, 0.4) is 0 Å². The molecular formula is C31H34Cl3N3O5S. The lowest BCUT2D eigenvalue weighted by Gasteiger charge is -2.34. The molecule has 1 fully saturated rings. The maximum absolute atomic E-state index is 14.2. The van der Waals surface area contributed by atoms with E-state index in [9.17, 15) is 18.0 Å². The molecule has 12 heteroatoms. The second-order valence-electron chi connectivity index (χ2n) is 10.3. The van der Waals surface area contributed by atoms with Crippen LogP contribution in [0.2, 0.25) is 15.1 Å². The summed E-state index contributed by atoms with van der Waals surface area (Å²) in [6.45, 7) is 1.24. The van der Waals surface area contributed by atoms with E-state index in [1.807, 2.05) is 6.92 Å². The van der Waals surface area contributed by atoms with Crippen LogP contribution in [0.15, 0.2) is 71.6 Å². The van der Waals surface area contributed by atoms with Crippen molar-refractivity contribution in [3.8, 4) is 5.75 Å². The Bertz CT molecular complexity index is 1550. The number of rotatable bonds is 12. The van der Waals surface area contributed by atoms with Gasteiger partial charge in [-0.15, -0.1) is 0 Å². The second kappa shape index (κ2) is 14.7. The molecule has 0 aromatic heterocycles. The van der Waals surface area contributed by atoms with Gasteiger partial charge in [-0.2, -0.15) is 0 Å². The average molecular weight is 667 g/mol. The van der Waals surface area contributed by atoms with Crippen LogP contribution in [0.25, 0.3) is 0 Å². The third-order valence-electron chi connectivity index (χ3n) is 7.46. The van der Waals surface area contributed by atoms with E-state index in [4.69, 9.17) is 39.5 Å². The van der Waals surface area contributed by atoms with Crippen molar-refractivity contribution in [1.82, 2.24) is 10.2 Å². The molecule has 4 rings (SSSR count). The Kier molecular flexibility index (Phi) is 11.2. The Morgan fingerprint density at radius 3 is 2.26 bits per heavy atom. The normalized spacial score (nSPS) is 14.3. The molecule has 1 saturated carbocycles. The maximum Gasteiger partial charge on any atom is 0.264 e. The number of anilines is 1. The Hall–Kier alpha value is -2.98. The zero-order valence-electron chi connectivity index (χ0n) is 23.9. The molecule has 0 radical (unpaired) electrons. The molecule has 1 unspecified atom stereocenters. The van der Waals surface area contributed by atoms with Gasteiger partial charge in [-0.1, -0.05) is 78.8 Å². The molecule has 1 atom stereocenters. The predicted octanol–water partition coefficient (Wildman–Crippen LogP) is 6.72. The van der Waals surface area contributed by atoms with Gasteiger partial charge < -0.3 is 15.0 Å². The SMILES string of the molecule is CCC(C(=O)NC1CCCC1)N(Cc1ccc(Cl)c(Cl)c1)C(=O)CN(c1ccc(OC)c(Cl)c1)S(=O)(=O)c1ccccc1. The average Bonchev–Trinajstić information content (AvgIpc) is 3.50. The van der Waals surface area contributed by atoms with E-state index in [1.165, 1.54) is 42.3 Å². The number of benzene rings is 3. The summed E-state index contributed by atoms with van der Waals surface area (Å²) in [5, 5.41) is 3.92. The lowest BCUT2D eigenvalue weighted by atomic mass is 10.1. The van der Waals surface area contributed by atoms with Gasteiger partial charge >= 0.3 is 0 Å². The van der Waals surface area contributed by atoms with Crippen LogP contribution >= 0.6 is 34.8 Å². The fraction of sp³-hybridized carbons (Fsp3) is 0.355. The molecule has 8 nitrogen and oxygen atoms in total. The number of halogens is 3. The highest BCUT2D eigenvalue weighted by atomic mass is 35.5. The van der Waals surface area contributed by atoms with E-state index in [0.717, 1.165) is 30.0 Å². The van der Waals surface area contributed by atoms with Crippen LogP contribution in [0, 0.1) is 0 Å². The first-order valence-electron chi connectivity index (χ1n) is 14.0. The summed E-state index contributed by atoms with van der Waals surface area (Å²) < 4.78 is 34.2. The molecule has 0 aliphatic heterocycles. The number of methoxy groups -OCH3 is 1. The Morgan fingerprint density at radius 2 is 1.65 bits per heavy atom. The van der Waals surface area contributed by atoms with Crippen molar-refractivity contribution in [3.05, 3.63) is 87.4 Å². The van der Waals surface area contributed by atoms with Crippen molar-refractivity contribution in [3.63, 3.8) is 0 Å². The molecule has 2 amide bonds. The van der Waals surface area contributed by atoms with Crippen LogP contribution in [0.1, 0.15) is 44.6 Å². The third kappa shape index (κ3) is 7.95. The summed E-state index contributed by atoms with van der Waals surface area (Å²) in [4.78, 5) is 29.2. The summed E-state index contributed by atoms with van der Waals surface area (Å²) in [6, 6.07) is 16.5. The first kappa shape index (κ1) is 32.9. The maximum atomic E-state index is 14.2. The van der Waals surface area contributed by atoms with E-state index in [2.05, 4.69) is 5.32 Å². The molecule has 1 aliphatic rings. The molecule has 0 heterocycles. The third-order valence-corrected chi connectivity index (χ3v) is 10.3. The molecule has 1 N–H and O–H groups in total. The number of nitrogens with one attached hydrogen (secondary N) is 1. The summed E-state index contributed by atoms with van der Waals surface area (Å²) in [5.41, 5.74) is 0.806. The van der Waals surface area contributed by atoms with Gasteiger partial charge in [0, 0.05) is 12.6 Å². The van der Waals surface area contributed by atoms with Gasteiger partial charge in [0.2, 0.25) is 11.8 Å². The van der Waals surface area contributed by atoms with Crippen LogP contribution in [-0.2, 0) is 26.2 Å². The summed E-state index contributed by atoms with van der Waals surface area (Å²) in [7, 11) is -2.78. The minimum Gasteiger partial charge on any atom is -0.495 e. The molecule has 3 aromatic carbocycles. The van der Waals surface area contributed by atoms with E-state index in [-0.39, 0.29) is 34.1 Å². The monoisotopic (exact) mass is 665 g/mol. The van der Waals surface area contributed by atoms with Crippen molar-refractivity contribution in [2.45, 2.75) is 62.6 Å². The number of carbonyl (C=O) groups is 2. The number of hydrogen-bond acceptors (Lipinski definition) is 5. The summed E-state index contributed by atoms with van der Waals surface area (Å²) >= 11 is 18.8. The number of hydrogen-bond donors (Lipinski definition) is 1. The Labute approximate surface area is 267 Å². The highest BCUT2D eigenvalue weighted by Gasteiger charge is 2.34. The van der Waals surface area contributed by atoms with Gasteiger partial charge in [-0.3, -0.25) is 13.9 Å². The fourth-order valence-electron chi connectivity index (χ4n) is 5.18. The van der Waals surface area contributed by atoms with Crippen molar-refractivity contribution in [2.24, 2.45) is 0 Å². The summed E-state index contributed by atoms with van der Waals surface area (Å²) in [5.74, 6) is -0.511. The fourth-order valence-corrected chi connectivity index (χ4v) is 7.18. The number of carbonyl (C=O) groups excluding carboxylic acids is 2. The number of ether oxygens (including phenoxy) is 1. The largest absolute Gasteiger partial charge is 0.495 e. The minimum absolute atomic E-state index is 0.00297. The highest BCUT2D eigenvalue weighted by molar-refractivity contribution is 7.92. The van der Waals surface area contributed by atoms with Gasteiger partial charge in [-0.25, -0.2) is 8.42 Å². The van der Waals surface area contributed by atoms with Gasteiger partial charge in [0.25, 0.3) is 10.0 Å². The van der Waals surface area contributed by atoms with Gasteiger partial charge in [-0.05, 0) is 67.3 Å². The lowest BCUT2D eigenvalue weighted by molar-refractivity contribution is -0.140. The molecule has 0 saturated heterocycles. The van der Waals surface area contributed by atoms with Crippen molar-refractivity contribution in [2.75, 3.05) is 18.0 Å². The van der Waals surface area contributed by atoms with Crippen LogP contribution in [0.4, 0.5) is 5.69 Å². The Balaban J connectivity index is 1.74. The smallest absolute Gasteiger partial charge is 0.264 e. The highest BCUT2D eigenvalue weighted by Crippen LogP contribution is 2.32. The number of nitrogens with zero attached hydrogens (tertiary/aromatic N) is 2. The topological polar surface area (TPSA) is 96.0 Å². The van der Waals surface area contributed by atoms with Crippen LogP contribution in [0.5, 0.6) is 5.75 Å². The van der Waals surface area contributed by atoms with Crippen molar-refractivity contribution in [1.29, 1.82) is 0 Å². The summed E-state index contributed by atoms with van der Waals surface area (Å²) in [6.07, 6.45) is 4.13. The predicted molar refractivity (Wildman–Crippen MR) is 170 cm³/mol. The molecule has 0 spiro atoms. The van der Waals surface area contributed by atoms with Gasteiger partial charge in [0.1, 0.15) is 18.3 Å². The van der Waals surface area contributed by atoms with E-state index in [1.54, 1.807) is 36.4 Å². The van der Waals surface area contributed by atoms with Gasteiger partial charge in [0.05, 0.1) is 32.8 Å². The quantitative estimate of drug-likeness (QED) is 0.232. The second-order valence-corrected chi connectivity index (χ2v) is 13.4. The van der Waals surface area contributed by atoms with Crippen LogP contribution < -0.4 is 14.4 Å². The molecule has 230 valence electrons. The van der Waals surface area contributed by atoms with Gasteiger partial charge in [0.15, 0.2) is 0 Å². The zero-order chi connectivity index (χ0) is 31.1. The first-order chi connectivity index (χ1) is 20.5. The van der Waals surface area contributed by atoms with E-state index < -0.39 is 28.5 Å². The first-order valence-corrected chi connectivity index (χ1v) is 16.6. The number of amides is 2. The number of sulfonamides is 1. The lowest BCUT2D eigenvalue weighted by Crippen LogP contribution is -2.53.